The van der Waals surface area contributed by atoms with Gasteiger partial charge in [-0.05, 0) is 41.5 Å². The number of nitrogens with two attached hydrogens (primary N) is 1. The minimum absolute atomic E-state index is 0.0377. The van der Waals surface area contributed by atoms with Crippen LogP contribution in [0.2, 0.25) is 5.02 Å². The molecule has 2 heterocycles. The van der Waals surface area contributed by atoms with Gasteiger partial charge in [0.2, 0.25) is 0 Å². The average molecular weight is 371 g/mol. The molecule has 1 aliphatic rings. The number of carbonyl (C=O) groups excluding carboxylic acids is 1. The van der Waals surface area contributed by atoms with Crippen molar-refractivity contribution in [2.24, 2.45) is 5.73 Å². The van der Waals surface area contributed by atoms with Gasteiger partial charge in [0.05, 0.1) is 24.8 Å². The maximum absolute atomic E-state index is 12.5. The fraction of sp³-hybridized carbons (Fsp3) is 0.250. The van der Waals surface area contributed by atoms with Crippen LogP contribution in [0.25, 0.3) is 22.1 Å². The van der Waals surface area contributed by atoms with Gasteiger partial charge in [0, 0.05) is 24.0 Å². The van der Waals surface area contributed by atoms with E-state index >= 15 is 0 Å². The molecule has 2 N–H and O–H groups in total. The summed E-state index contributed by atoms with van der Waals surface area (Å²) in [6, 6.07) is 13.4. The van der Waals surface area contributed by atoms with Gasteiger partial charge in [-0.2, -0.15) is 0 Å². The number of ether oxygens (including phenoxy) is 1. The zero-order valence-electron chi connectivity index (χ0n) is 14.2. The van der Waals surface area contributed by atoms with Crippen LogP contribution in [-0.2, 0) is 11.3 Å². The normalized spacial score (nSPS) is 14.8. The highest BCUT2D eigenvalue weighted by Gasteiger charge is 2.18. The second-order valence-corrected chi connectivity index (χ2v) is 6.68. The molecule has 6 heteroatoms. The molecular weight excluding hydrogens is 352 g/mol. The predicted octanol–water partition coefficient (Wildman–Crippen LogP) is 3.68. The third-order valence-electron chi connectivity index (χ3n) is 4.59. The molecule has 0 spiro atoms. The van der Waals surface area contributed by atoms with Gasteiger partial charge in [-0.1, -0.05) is 23.7 Å². The monoisotopic (exact) mass is 370 g/mol. The summed E-state index contributed by atoms with van der Waals surface area (Å²) in [4.78, 5) is 14.4. The van der Waals surface area contributed by atoms with Crippen LogP contribution in [0.15, 0.2) is 46.9 Å². The standard InChI is InChI=1S/C20H19ClN2O3/c21-18-11-15(9-16-10-17(12-22)26-19(16)18)13-1-3-14(4-2-13)20(24)23-5-7-25-8-6-23/h1-4,9-11H,5-8,12,22H2. The van der Waals surface area contributed by atoms with Gasteiger partial charge < -0.3 is 19.8 Å². The molecule has 0 saturated carbocycles. The van der Waals surface area contributed by atoms with E-state index in [9.17, 15) is 4.79 Å². The number of benzene rings is 2. The van der Waals surface area contributed by atoms with E-state index in [1.54, 1.807) is 0 Å². The molecule has 0 aliphatic carbocycles. The Morgan fingerprint density at radius 3 is 2.50 bits per heavy atom. The first-order chi connectivity index (χ1) is 12.7. The molecule has 134 valence electrons. The zero-order chi connectivity index (χ0) is 18.1. The fourth-order valence-corrected chi connectivity index (χ4v) is 3.45. The highest BCUT2D eigenvalue weighted by molar-refractivity contribution is 6.35. The Hall–Kier alpha value is -2.34. The molecule has 1 aromatic heterocycles. The van der Waals surface area contributed by atoms with Crippen LogP contribution in [0.1, 0.15) is 16.1 Å². The number of nitrogens with zero attached hydrogens (tertiary/aromatic N) is 1. The summed E-state index contributed by atoms with van der Waals surface area (Å²) in [6.45, 7) is 2.79. The molecule has 5 nitrogen and oxygen atoms in total. The van der Waals surface area contributed by atoms with Gasteiger partial charge in [0.25, 0.3) is 5.91 Å². The Morgan fingerprint density at radius 2 is 1.81 bits per heavy atom. The number of amides is 1. The van der Waals surface area contributed by atoms with E-state index in [0.717, 1.165) is 16.5 Å². The molecule has 1 fully saturated rings. The van der Waals surface area contributed by atoms with Crippen molar-refractivity contribution in [2.45, 2.75) is 6.54 Å². The lowest BCUT2D eigenvalue weighted by Crippen LogP contribution is -2.40. The Labute approximate surface area is 156 Å². The number of carbonyl (C=O) groups is 1. The molecule has 0 atom stereocenters. The number of rotatable bonds is 3. The molecule has 1 aliphatic heterocycles. The first-order valence-corrected chi connectivity index (χ1v) is 8.93. The predicted molar refractivity (Wildman–Crippen MR) is 101 cm³/mol. The summed E-state index contributed by atoms with van der Waals surface area (Å²) in [7, 11) is 0. The van der Waals surface area contributed by atoms with Crippen LogP contribution < -0.4 is 5.73 Å². The highest BCUT2D eigenvalue weighted by atomic mass is 35.5. The lowest BCUT2D eigenvalue weighted by Gasteiger charge is -2.26. The molecule has 0 radical (unpaired) electrons. The van der Waals surface area contributed by atoms with E-state index in [1.165, 1.54) is 0 Å². The SMILES string of the molecule is NCc1cc2cc(-c3ccc(C(=O)N4CCOCC4)cc3)cc(Cl)c2o1. The van der Waals surface area contributed by atoms with Crippen LogP contribution in [0.3, 0.4) is 0 Å². The quantitative estimate of drug-likeness (QED) is 0.763. The van der Waals surface area contributed by atoms with Gasteiger partial charge in [0.1, 0.15) is 5.76 Å². The van der Waals surface area contributed by atoms with Gasteiger partial charge >= 0.3 is 0 Å². The van der Waals surface area contributed by atoms with Crippen molar-refractivity contribution in [3.63, 3.8) is 0 Å². The molecule has 26 heavy (non-hydrogen) atoms. The van der Waals surface area contributed by atoms with E-state index in [2.05, 4.69) is 0 Å². The van der Waals surface area contributed by atoms with Crippen LogP contribution in [0.5, 0.6) is 0 Å². The van der Waals surface area contributed by atoms with E-state index in [4.69, 9.17) is 26.5 Å². The van der Waals surface area contributed by atoms with E-state index in [0.29, 0.717) is 54.8 Å². The number of morpholine rings is 1. The van der Waals surface area contributed by atoms with Crippen LogP contribution in [0, 0.1) is 0 Å². The number of hydrogen-bond donors (Lipinski definition) is 1. The van der Waals surface area contributed by atoms with Gasteiger partial charge in [-0.15, -0.1) is 0 Å². The highest BCUT2D eigenvalue weighted by Crippen LogP contribution is 2.33. The Kier molecular flexibility index (Phi) is 4.68. The lowest BCUT2D eigenvalue weighted by molar-refractivity contribution is 0.0303. The molecule has 0 bridgehead atoms. The van der Waals surface area contributed by atoms with Crippen molar-refractivity contribution >= 4 is 28.5 Å². The van der Waals surface area contributed by atoms with Crippen molar-refractivity contribution < 1.29 is 13.9 Å². The molecule has 0 unspecified atom stereocenters. The molecular formula is C20H19ClN2O3. The smallest absolute Gasteiger partial charge is 0.254 e. The molecule has 1 saturated heterocycles. The van der Waals surface area contributed by atoms with Crippen molar-refractivity contribution in [3.8, 4) is 11.1 Å². The minimum Gasteiger partial charge on any atom is -0.458 e. The second-order valence-electron chi connectivity index (χ2n) is 6.28. The lowest BCUT2D eigenvalue weighted by atomic mass is 10.0. The van der Waals surface area contributed by atoms with E-state index in [1.807, 2.05) is 47.4 Å². The Balaban J connectivity index is 1.62. The third kappa shape index (κ3) is 3.21. The van der Waals surface area contributed by atoms with Gasteiger partial charge in [-0.25, -0.2) is 0 Å². The summed E-state index contributed by atoms with van der Waals surface area (Å²) in [5.41, 5.74) is 8.92. The first-order valence-electron chi connectivity index (χ1n) is 8.55. The topological polar surface area (TPSA) is 68.7 Å². The number of halogens is 1. The van der Waals surface area contributed by atoms with Crippen molar-refractivity contribution in [1.29, 1.82) is 0 Å². The minimum atomic E-state index is 0.0377. The maximum Gasteiger partial charge on any atom is 0.254 e. The van der Waals surface area contributed by atoms with Crippen molar-refractivity contribution in [3.05, 3.63) is 58.8 Å². The first kappa shape index (κ1) is 17.1. The molecule has 3 aromatic rings. The number of hydrogen-bond acceptors (Lipinski definition) is 4. The van der Waals surface area contributed by atoms with Crippen LogP contribution in [0.4, 0.5) is 0 Å². The van der Waals surface area contributed by atoms with Gasteiger partial charge in [0.15, 0.2) is 5.58 Å². The molecule has 1 amide bonds. The van der Waals surface area contributed by atoms with Crippen LogP contribution in [-0.4, -0.2) is 37.1 Å². The number of furan rings is 1. The third-order valence-corrected chi connectivity index (χ3v) is 4.87. The second kappa shape index (κ2) is 7.11. The molecule has 4 rings (SSSR count). The van der Waals surface area contributed by atoms with E-state index in [-0.39, 0.29) is 5.91 Å². The summed E-state index contributed by atoms with van der Waals surface area (Å²) < 4.78 is 10.9. The van der Waals surface area contributed by atoms with Gasteiger partial charge in [-0.3, -0.25) is 4.79 Å². The summed E-state index contributed by atoms with van der Waals surface area (Å²) in [5.74, 6) is 0.737. The largest absolute Gasteiger partial charge is 0.458 e. The maximum atomic E-state index is 12.5. The van der Waals surface area contributed by atoms with Crippen molar-refractivity contribution in [1.82, 2.24) is 4.90 Å². The van der Waals surface area contributed by atoms with Crippen LogP contribution >= 0.6 is 11.6 Å². The summed E-state index contributed by atoms with van der Waals surface area (Å²) in [5, 5.41) is 1.46. The molecule has 2 aromatic carbocycles. The van der Waals surface area contributed by atoms with Crippen molar-refractivity contribution in [2.75, 3.05) is 26.3 Å². The zero-order valence-corrected chi connectivity index (χ0v) is 15.0. The van der Waals surface area contributed by atoms with E-state index < -0.39 is 0 Å². The Bertz CT molecular complexity index is 944. The summed E-state index contributed by atoms with van der Waals surface area (Å²) >= 11 is 6.36. The Morgan fingerprint density at radius 1 is 1.08 bits per heavy atom. The average Bonchev–Trinajstić information content (AvgIpc) is 3.12. The fourth-order valence-electron chi connectivity index (χ4n) is 3.19. The number of fused-ring (bicyclic) bond motifs is 1. The summed E-state index contributed by atoms with van der Waals surface area (Å²) in [6.07, 6.45) is 0.